The van der Waals surface area contributed by atoms with Gasteiger partial charge in [0.2, 0.25) is 0 Å². The van der Waals surface area contributed by atoms with Gasteiger partial charge in [0.25, 0.3) is 5.91 Å². The van der Waals surface area contributed by atoms with Crippen LogP contribution in [0.1, 0.15) is 40.2 Å². The Hall–Kier alpha value is -3.46. The molecule has 3 saturated heterocycles. The normalized spacial score (nSPS) is 22.1. The zero-order chi connectivity index (χ0) is 27.3. The first-order valence-electron chi connectivity index (χ1n) is 14.1. The van der Waals surface area contributed by atoms with E-state index in [0.29, 0.717) is 49.2 Å². The summed E-state index contributed by atoms with van der Waals surface area (Å²) in [6.45, 7) is 5.17. The number of fused-ring (bicyclic) bond motifs is 2. The molecule has 2 atom stereocenters. The molecule has 2 aromatic heterocycles. The fraction of sp³-hybridized carbons (Fsp3) is 0.387. The third kappa shape index (κ3) is 4.74. The molecule has 0 spiro atoms. The molecule has 206 valence electrons. The van der Waals surface area contributed by atoms with Gasteiger partial charge in [0, 0.05) is 62.5 Å². The number of nitrogens with zero attached hydrogens (tertiary/aromatic N) is 5. The van der Waals surface area contributed by atoms with Crippen molar-refractivity contribution in [3.05, 3.63) is 94.4 Å². The van der Waals surface area contributed by atoms with E-state index < -0.39 is 5.60 Å². The molecule has 0 radical (unpaired) electrons. The topological polar surface area (TPSA) is 86.0 Å². The number of aromatic nitrogens is 3. The number of amides is 1. The lowest BCUT2D eigenvalue weighted by Gasteiger charge is -2.39. The summed E-state index contributed by atoms with van der Waals surface area (Å²) in [4.78, 5) is 22.2. The van der Waals surface area contributed by atoms with Gasteiger partial charge < -0.3 is 20.2 Å². The van der Waals surface area contributed by atoms with Gasteiger partial charge in [-0.2, -0.15) is 5.10 Å². The zero-order valence-electron chi connectivity index (χ0n) is 22.3. The van der Waals surface area contributed by atoms with Crippen LogP contribution < -0.4 is 10.2 Å². The Morgan fingerprint density at radius 2 is 1.70 bits per heavy atom. The van der Waals surface area contributed by atoms with Crippen molar-refractivity contribution < 1.29 is 9.90 Å². The van der Waals surface area contributed by atoms with Crippen LogP contribution in [0, 0.1) is 11.8 Å². The van der Waals surface area contributed by atoms with Crippen LogP contribution in [0.15, 0.2) is 66.9 Å². The predicted molar refractivity (Wildman–Crippen MR) is 155 cm³/mol. The van der Waals surface area contributed by atoms with Gasteiger partial charge in [-0.15, -0.1) is 0 Å². The highest BCUT2D eigenvalue weighted by Crippen LogP contribution is 2.36. The SMILES string of the molecule is O=C(c1ccc(Cc2nc3c(N4CCC(O)(c5ccc(Cl)cc5)CC4)cccn3n2)cc1)N1CC2CNCC2C1. The number of pyridine rings is 1. The first-order chi connectivity index (χ1) is 19.4. The molecule has 5 heterocycles. The molecule has 9 heteroatoms. The van der Waals surface area contributed by atoms with E-state index in [2.05, 4.69) is 16.3 Å². The highest BCUT2D eigenvalue weighted by atomic mass is 35.5. The maximum absolute atomic E-state index is 13.0. The van der Waals surface area contributed by atoms with Crippen LogP contribution >= 0.6 is 11.6 Å². The van der Waals surface area contributed by atoms with Crippen molar-refractivity contribution in [1.29, 1.82) is 0 Å². The zero-order valence-corrected chi connectivity index (χ0v) is 23.1. The van der Waals surface area contributed by atoms with Gasteiger partial charge in [-0.05, 0) is 72.2 Å². The Bertz CT molecular complexity index is 1520. The number of hydrogen-bond donors (Lipinski definition) is 2. The van der Waals surface area contributed by atoms with Gasteiger partial charge in [-0.3, -0.25) is 4.79 Å². The fourth-order valence-electron chi connectivity index (χ4n) is 6.58. The number of likely N-dealkylation sites (tertiary alicyclic amines) is 1. The van der Waals surface area contributed by atoms with Gasteiger partial charge in [0.15, 0.2) is 11.5 Å². The monoisotopic (exact) mass is 556 g/mol. The molecule has 0 aliphatic carbocycles. The Morgan fingerprint density at radius 1 is 1.00 bits per heavy atom. The van der Waals surface area contributed by atoms with E-state index in [1.807, 2.05) is 70.2 Å². The van der Waals surface area contributed by atoms with Crippen LogP contribution in [0.4, 0.5) is 5.69 Å². The highest BCUT2D eigenvalue weighted by Gasteiger charge is 2.38. The second-order valence-corrected chi connectivity index (χ2v) is 11.9. The van der Waals surface area contributed by atoms with Crippen molar-refractivity contribution in [3.63, 3.8) is 0 Å². The number of hydrogen-bond acceptors (Lipinski definition) is 6. The molecular weight excluding hydrogens is 524 g/mol. The summed E-state index contributed by atoms with van der Waals surface area (Å²) in [5, 5.41) is 20.1. The number of carbonyl (C=O) groups excluding carboxylic acids is 1. The van der Waals surface area contributed by atoms with Crippen molar-refractivity contribution in [3.8, 4) is 0 Å². The lowest BCUT2D eigenvalue weighted by molar-refractivity contribution is 0.0118. The number of anilines is 1. The molecule has 1 amide bonds. The minimum Gasteiger partial charge on any atom is -0.385 e. The van der Waals surface area contributed by atoms with Crippen molar-refractivity contribution in [2.24, 2.45) is 11.8 Å². The van der Waals surface area contributed by atoms with Gasteiger partial charge in [-0.1, -0.05) is 35.9 Å². The standard InChI is InChI=1S/C31H33ClN6O2/c32-26-9-7-25(8-10-26)31(40)11-14-36(15-12-31)27-2-1-13-38-29(27)34-28(35-38)16-21-3-5-22(6-4-21)30(39)37-19-23-17-33-18-24(23)20-37/h1-10,13,23-24,33,40H,11-12,14-20H2. The number of benzene rings is 2. The molecule has 2 unspecified atom stereocenters. The van der Waals surface area contributed by atoms with E-state index in [4.69, 9.17) is 21.7 Å². The van der Waals surface area contributed by atoms with E-state index in [0.717, 1.165) is 60.0 Å². The van der Waals surface area contributed by atoms with E-state index >= 15 is 0 Å². The molecule has 0 bridgehead atoms. The minimum atomic E-state index is -0.858. The maximum atomic E-state index is 13.0. The van der Waals surface area contributed by atoms with Crippen molar-refractivity contribution in [1.82, 2.24) is 24.8 Å². The molecule has 40 heavy (non-hydrogen) atoms. The largest absolute Gasteiger partial charge is 0.385 e. The summed E-state index contributed by atoms with van der Waals surface area (Å²) >= 11 is 6.04. The summed E-state index contributed by atoms with van der Waals surface area (Å²) in [7, 11) is 0. The van der Waals surface area contributed by atoms with E-state index in [1.165, 1.54) is 0 Å². The second kappa shape index (κ2) is 10.2. The number of carbonyl (C=O) groups is 1. The average molecular weight is 557 g/mol. The molecule has 4 aromatic rings. The minimum absolute atomic E-state index is 0.126. The molecule has 8 nitrogen and oxygen atoms in total. The van der Waals surface area contributed by atoms with E-state index in [9.17, 15) is 9.90 Å². The van der Waals surface area contributed by atoms with E-state index in [1.54, 1.807) is 0 Å². The quantitative estimate of drug-likeness (QED) is 0.389. The van der Waals surface area contributed by atoms with Gasteiger partial charge in [0.1, 0.15) is 0 Å². The number of rotatable bonds is 5. The Kier molecular flexibility index (Phi) is 6.49. The molecule has 3 aliphatic heterocycles. The van der Waals surface area contributed by atoms with Crippen molar-refractivity contribution >= 4 is 28.8 Å². The Balaban J connectivity index is 1.03. The molecule has 2 aromatic carbocycles. The summed E-state index contributed by atoms with van der Waals surface area (Å²) in [6, 6.07) is 19.5. The number of nitrogens with one attached hydrogen (secondary N) is 1. The molecule has 0 saturated carbocycles. The Labute approximate surface area is 238 Å². The predicted octanol–water partition coefficient (Wildman–Crippen LogP) is 3.75. The molecule has 2 N–H and O–H groups in total. The number of piperidine rings is 1. The summed E-state index contributed by atoms with van der Waals surface area (Å²) in [5.41, 5.74) is 3.70. The highest BCUT2D eigenvalue weighted by molar-refractivity contribution is 6.30. The van der Waals surface area contributed by atoms with Gasteiger partial charge in [-0.25, -0.2) is 9.50 Å². The van der Waals surface area contributed by atoms with Crippen LogP contribution in [0.2, 0.25) is 5.02 Å². The van der Waals surface area contributed by atoms with Crippen molar-refractivity contribution in [2.45, 2.75) is 24.9 Å². The molecule has 3 fully saturated rings. The van der Waals surface area contributed by atoms with Crippen LogP contribution in [0.25, 0.3) is 5.65 Å². The number of halogens is 1. The number of aliphatic hydroxyl groups is 1. The van der Waals surface area contributed by atoms with Gasteiger partial charge in [0.05, 0.1) is 11.3 Å². The van der Waals surface area contributed by atoms with Crippen LogP contribution in [-0.4, -0.2) is 69.8 Å². The molecule has 7 rings (SSSR count). The third-order valence-corrected chi connectivity index (χ3v) is 9.19. The molecular formula is C31H33ClN6O2. The Morgan fingerprint density at radius 3 is 2.40 bits per heavy atom. The fourth-order valence-corrected chi connectivity index (χ4v) is 6.70. The first-order valence-corrected chi connectivity index (χ1v) is 14.5. The van der Waals surface area contributed by atoms with Gasteiger partial charge >= 0.3 is 0 Å². The van der Waals surface area contributed by atoms with Crippen LogP contribution in [-0.2, 0) is 12.0 Å². The third-order valence-electron chi connectivity index (χ3n) is 8.94. The smallest absolute Gasteiger partial charge is 0.253 e. The maximum Gasteiger partial charge on any atom is 0.253 e. The average Bonchev–Trinajstić information content (AvgIpc) is 3.69. The summed E-state index contributed by atoms with van der Waals surface area (Å²) < 4.78 is 1.83. The van der Waals surface area contributed by atoms with Crippen LogP contribution in [0.5, 0.6) is 0 Å². The second-order valence-electron chi connectivity index (χ2n) is 11.5. The lowest BCUT2D eigenvalue weighted by atomic mass is 9.84. The summed E-state index contributed by atoms with van der Waals surface area (Å²) in [5.74, 6) is 2.05. The summed E-state index contributed by atoms with van der Waals surface area (Å²) in [6.07, 6.45) is 3.76. The van der Waals surface area contributed by atoms with Crippen LogP contribution in [0.3, 0.4) is 0 Å². The van der Waals surface area contributed by atoms with E-state index in [-0.39, 0.29) is 5.91 Å². The van der Waals surface area contributed by atoms with Crippen molar-refractivity contribution in [2.75, 3.05) is 44.2 Å². The first kappa shape index (κ1) is 25.5. The molecule has 3 aliphatic rings. The lowest BCUT2D eigenvalue weighted by Crippen LogP contribution is -2.42.